The lowest BCUT2D eigenvalue weighted by Crippen LogP contribution is -2.59. The molecule has 2 N–H and O–H groups in total. The number of benzene rings is 2. The average molecular weight is 674 g/mol. The van der Waals surface area contributed by atoms with Gasteiger partial charge in [0.1, 0.15) is 16.3 Å². The van der Waals surface area contributed by atoms with Crippen LogP contribution in [0.2, 0.25) is 0 Å². The maximum Gasteiger partial charge on any atom is 0.307 e. The van der Waals surface area contributed by atoms with Crippen LogP contribution in [-0.2, 0) is 16.1 Å². The Kier molecular flexibility index (Phi) is 8.98. The van der Waals surface area contributed by atoms with Gasteiger partial charge in [0.05, 0.1) is 23.0 Å². The van der Waals surface area contributed by atoms with Gasteiger partial charge in [-0.25, -0.2) is 4.98 Å². The van der Waals surface area contributed by atoms with Gasteiger partial charge in [-0.05, 0) is 61.7 Å². The molecule has 1 aromatic heterocycles. The number of fused-ring (bicyclic) bond motifs is 1. The third-order valence-electron chi connectivity index (χ3n) is 10.3. The van der Waals surface area contributed by atoms with Crippen LogP contribution in [0.15, 0.2) is 65.1 Å². The summed E-state index contributed by atoms with van der Waals surface area (Å²) in [5.74, 6) is -0.656. The number of carboxylic acid groups (broad SMARTS) is 1. The maximum atomic E-state index is 11.5. The number of rotatable bonds is 10. The lowest BCUT2D eigenvalue weighted by molar-refractivity contribution is -0.141. The Labute approximate surface area is 284 Å². The normalized spacial score (nSPS) is 28.9. The highest BCUT2D eigenvalue weighted by Crippen LogP contribution is 2.59. The summed E-state index contributed by atoms with van der Waals surface area (Å²) in [4.78, 5) is 22.7. The van der Waals surface area contributed by atoms with Gasteiger partial charge in [-0.1, -0.05) is 48.6 Å². The number of β-amino-alcohol motifs (C(OH)–C–C–N with tert-alkyl or cyclic N) is 1. The second-order valence-corrected chi connectivity index (χ2v) is 15.7. The summed E-state index contributed by atoms with van der Waals surface area (Å²) < 4.78 is 5.76. The summed E-state index contributed by atoms with van der Waals surface area (Å²) in [6.45, 7) is 8.58. The minimum absolute atomic E-state index is 0.189. The maximum absolute atomic E-state index is 11.5. The molecule has 4 heterocycles. The number of carboxylic acids is 1. The van der Waals surface area contributed by atoms with E-state index in [2.05, 4.69) is 51.1 Å². The highest BCUT2D eigenvalue weighted by Gasteiger charge is 2.56. The number of alkyl halides is 1. The van der Waals surface area contributed by atoms with Crippen LogP contribution in [0.5, 0.6) is 0 Å². The zero-order chi connectivity index (χ0) is 32.8. The molecule has 11 heteroatoms. The smallest absolute Gasteiger partial charge is 0.307 e. The van der Waals surface area contributed by atoms with E-state index < -0.39 is 15.6 Å². The van der Waals surface area contributed by atoms with Crippen molar-refractivity contribution in [2.45, 2.75) is 47.2 Å². The minimum Gasteiger partial charge on any atom is -0.481 e. The fourth-order valence-electron chi connectivity index (χ4n) is 7.65. The Morgan fingerprint density at radius 2 is 1.96 bits per heavy atom. The molecule has 7 rings (SSSR count). The summed E-state index contributed by atoms with van der Waals surface area (Å²) in [6, 6.07) is 16.8. The molecular weight excluding hydrogens is 634 g/mol. The highest BCUT2D eigenvalue weighted by atomic mass is 35.5. The Bertz CT molecular complexity index is 1750. The third kappa shape index (κ3) is 6.03. The number of aliphatic hydroxyl groups excluding tert-OH is 1. The number of aliphatic carboxylic acids is 1. The molecule has 3 aromatic rings. The summed E-state index contributed by atoms with van der Waals surface area (Å²) >= 11 is 9.59. The summed E-state index contributed by atoms with van der Waals surface area (Å²) in [5.41, 5.74) is 4.37. The number of nitrogens with zero attached hydrogens (tertiary/aromatic N) is 5. The molecule has 0 amide bonds. The van der Waals surface area contributed by atoms with Gasteiger partial charge in [0.15, 0.2) is 5.58 Å². The number of oxazole rings is 1. The molecule has 0 radical (unpaired) electrons. The Morgan fingerprint density at radius 1 is 1.15 bits per heavy atom. The van der Waals surface area contributed by atoms with Crippen molar-refractivity contribution in [1.82, 2.24) is 19.7 Å². The van der Waals surface area contributed by atoms with Crippen molar-refractivity contribution in [3.05, 3.63) is 83.3 Å². The van der Waals surface area contributed by atoms with E-state index in [0.717, 1.165) is 55.8 Å². The second-order valence-electron chi connectivity index (χ2n) is 13.4. The highest BCUT2D eigenvalue weighted by molar-refractivity contribution is 8.01. The number of hydrogen-bond acceptors (Lipinski definition) is 9. The van der Waals surface area contributed by atoms with E-state index in [1.54, 1.807) is 11.8 Å². The van der Waals surface area contributed by atoms with E-state index in [4.69, 9.17) is 21.0 Å². The number of likely N-dealkylation sites (tertiary alicyclic amines) is 3. The number of halogens is 1. The van der Waals surface area contributed by atoms with Crippen molar-refractivity contribution in [1.29, 1.82) is 5.26 Å². The number of nitriles is 1. The lowest BCUT2D eigenvalue weighted by atomic mass is 9.78. The molecule has 3 fully saturated rings. The molecule has 3 aliphatic heterocycles. The molecule has 4 atom stereocenters. The van der Waals surface area contributed by atoms with E-state index >= 15 is 0 Å². The van der Waals surface area contributed by atoms with Crippen LogP contribution < -0.4 is 0 Å². The Hall–Kier alpha value is -3.17. The van der Waals surface area contributed by atoms with Crippen molar-refractivity contribution in [3.63, 3.8) is 0 Å². The number of aliphatic hydroxyl groups is 1. The summed E-state index contributed by atoms with van der Waals surface area (Å²) in [7, 11) is 0. The van der Waals surface area contributed by atoms with Gasteiger partial charge in [-0.3, -0.25) is 19.5 Å². The van der Waals surface area contributed by atoms with E-state index in [9.17, 15) is 20.3 Å². The molecule has 0 bridgehead atoms. The summed E-state index contributed by atoms with van der Waals surface area (Å²) in [5, 5.41) is 29.3. The quantitative estimate of drug-likeness (QED) is 0.287. The second kappa shape index (κ2) is 13.0. The SMILES string of the molecule is CC1(Cl)C(c2ccccc2)=CC=CC1(SC1CCN(C2CN(CCO)C2)C1)c1nc2cc(CN3CC[C@@H](C(=O)O)C3)cc(C#N)c2o1. The molecule has 246 valence electrons. The van der Waals surface area contributed by atoms with Crippen LogP contribution in [0.1, 0.15) is 42.3 Å². The molecule has 47 heavy (non-hydrogen) atoms. The zero-order valence-electron chi connectivity index (χ0n) is 26.5. The number of hydrogen-bond donors (Lipinski definition) is 2. The van der Waals surface area contributed by atoms with Crippen molar-refractivity contribution in [2.24, 2.45) is 5.92 Å². The first kappa shape index (κ1) is 32.4. The van der Waals surface area contributed by atoms with Crippen LogP contribution in [0.3, 0.4) is 0 Å². The molecule has 0 spiro atoms. The first-order valence-electron chi connectivity index (χ1n) is 16.4. The van der Waals surface area contributed by atoms with Crippen LogP contribution in [-0.4, -0.2) is 104 Å². The van der Waals surface area contributed by atoms with E-state index in [0.29, 0.717) is 54.7 Å². The zero-order valence-corrected chi connectivity index (χ0v) is 28.1. The van der Waals surface area contributed by atoms with Crippen molar-refractivity contribution >= 4 is 46.0 Å². The van der Waals surface area contributed by atoms with Gasteiger partial charge in [-0.15, -0.1) is 23.4 Å². The van der Waals surface area contributed by atoms with Gasteiger partial charge >= 0.3 is 5.97 Å². The Balaban J connectivity index is 1.23. The molecule has 1 aliphatic carbocycles. The van der Waals surface area contributed by atoms with Crippen LogP contribution in [0, 0.1) is 17.2 Å². The van der Waals surface area contributed by atoms with E-state index in [-0.39, 0.29) is 17.8 Å². The van der Waals surface area contributed by atoms with Crippen molar-refractivity contribution < 1.29 is 19.4 Å². The molecule has 0 saturated carbocycles. The summed E-state index contributed by atoms with van der Waals surface area (Å²) in [6.07, 6.45) is 7.89. The van der Waals surface area contributed by atoms with Crippen molar-refractivity contribution in [3.8, 4) is 6.07 Å². The third-order valence-corrected chi connectivity index (χ3v) is 12.7. The number of allylic oxidation sites excluding steroid dienone is 3. The predicted molar refractivity (Wildman–Crippen MR) is 184 cm³/mol. The molecule has 3 unspecified atom stereocenters. The van der Waals surface area contributed by atoms with Crippen molar-refractivity contribution in [2.75, 3.05) is 52.4 Å². The molecule has 2 aromatic carbocycles. The van der Waals surface area contributed by atoms with E-state index in [1.165, 1.54) is 0 Å². The molecule has 4 aliphatic rings. The lowest BCUT2D eigenvalue weighted by Gasteiger charge is -2.45. The standard InChI is InChI=1S/C36H40ClN5O4S/c1-35(37)30(25-6-3-2-4-7-25)8-5-11-36(35,47-29-10-13-42(23-29)28-21-41(22-28)14-15-43)34-39-31-17-24(16-27(18-38)32(31)46-34)19-40-12-9-26(20-40)33(44)45/h2-8,11,16-17,26,28-29,43H,9-10,12-15,19-23H2,1H3,(H,44,45)/t26-,29?,35?,36?/m1/s1. The predicted octanol–water partition coefficient (Wildman–Crippen LogP) is 4.94. The van der Waals surface area contributed by atoms with Gasteiger partial charge in [0.2, 0.25) is 5.89 Å². The monoisotopic (exact) mass is 673 g/mol. The topological polar surface area (TPSA) is 117 Å². The first-order valence-corrected chi connectivity index (χ1v) is 17.6. The Morgan fingerprint density at radius 3 is 2.68 bits per heavy atom. The molecule has 3 saturated heterocycles. The van der Waals surface area contributed by atoms with Gasteiger partial charge in [0, 0.05) is 50.6 Å². The molecular formula is C36H40ClN5O4S. The van der Waals surface area contributed by atoms with E-state index in [1.807, 2.05) is 37.3 Å². The largest absolute Gasteiger partial charge is 0.481 e. The van der Waals surface area contributed by atoms with Gasteiger partial charge in [-0.2, -0.15) is 5.26 Å². The number of thioether (sulfide) groups is 1. The van der Waals surface area contributed by atoms with Crippen LogP contribution in [0.25, 0.3) is 16.7 Å². The first-order chi connectivity index (χ1) is 22.7. The number of carbonyl (C=O) groups is 1. The fraction of sp³-hybridized carbons (Fsp3) is 0.472. The average Bonchev–Trinajstić information content (AvgIpc) is 3.80. The van der Waals surface area contributed by atoms with Crippen LogP contribution in [0.4, 0.5) is 0 Å². The fourth-order valence-corrected chi connectivity index (χ4v) is 9.79. The number of aromatic nitrogens is 1. The minimum atomic E-state index is -0.937. The van der Waals surface area contributed by atoms with Gasteiger partial charge < -0.3 is 14.6 Å². The molecule has 9 nitrogen and oxygen atoms in total. The van der Waals surface area contributed by atoms with Crippen LogP contribution >= 0.6 is 23.4 Å². The van der Waals surface area contributed by atoms with Gasteiger partial charge in [0.25, 0.3) is 0 Å².